The number of aromatic nitrogens is 2. The highest BCUT2D eigenvalue weighted by Crippen LogP contribution is 2.53. The molecule has 2 aliphatic rings. The summed E-state index contributed by atoms with van der Waals surface area (Å²) in [5, 5.41) is 8.70. The van der Waals surface area contributed by atoms with E-state index in [0.717, 1.165) is 29.1 Å². The fourth-order valence-electron chi connectivity index (χ4n) is 4.29. The fourth-order valence-corrected chi connectivity index (χ4v) is 4.55. The molecule has 20 heavy (non-hydrogen) atoms. The highest BCUT2D eigenvalue weighted by molar-refractivity contribution is 6.31. The van der Waals surface area contributed by atoms with Crippen LogP contribution in [0.3, 0.4) is 0 Å². The van der Waals surface area contributed by atoms with Crippen molar-refractivity contribution in [1.29, 1.82) is 0 Å². The maximum absolute atomic E-state index is 6.41. The van der Waals surface area contributed by atoms with Gasteiger partial charge in [-0.25, -0.2) is 0 Å². The zero-order valence-corrected chi connectivity index (χ0v) is 13.1. The Bertz CT molecular complexity index is 462. The Morgan fingerprint density at radius 2 is 2.35 bits per heavy atom. The van der Waals surface area contributed by atoms with E-state index < -0.39 is 0 Å². The van der Waals surface area contributed by atoms with E-state index in [-0.39, 0.29) is 0 Å². The van der Waals surface area contributed by atoms with Crippen molar-refractivity contribution < 1.29 is 4.74 Å². The van der Waals surface area contributed by atoms with Crippen LogP contribution in [0.15, 0.2) is 6.20 Å². The predicted molar refractivity (Wildman–Crippen MR) is 79.9 cm³/mol. The Balaban J connectivity index is 1.83. The van der Waals surface area contributed by atoms with E-state index in [1.807, 2.05) is 11.7 Å². The minimum Gasteiger partial charge on any atom is -0.383 e. The molecule has 3 rings (SSSR count). The van der Waals surface area contributed by atoms with Gasteiger partial charge in [-0.2, -0.15) is 5.10 Å². The van der Waals surface area contributed by atoms with Crippen LogP contribution in [-0.2, 0) is 11.3 Å². The lowest BCUT2D eigenvalue weighted by Gasteiger charge is -2.31. The van der Waals surface area contributed by atoms with Gasteiger partial charge >= 0.3 is 0 Å². The van der Waals surface area contributed by atoms with Gasteiger partial charge in [0.15, 0.2) is 0 Å². The van der Waals surface area contributed by atoms with Crippen LogP contribution in [-0.4, -0.2) is 30.5 Å². The van der Waals surface area contributed by atoms with Gasteiger partial charge in [0.1, 0.15) is 0 Å². The van der Waals surface area contributed by atoms with Crippen LogP contribution in [0.4, 0.5) is 0 Å². The van der Waals surface area contributed by atoms with Crippen LogP contribution in [0.5, 0.6) is 0 Å². The van der Waals surface area contributed by atoms with E-state index in [4.69, 9.17) is 16.3 Å². The smallest absolute Gasteiger partial charge is 0.0834 e. The second-order valence-corrected chi connectivity index (χ2v) is 6.61. The molecule has 0 spiro atoms. The fraction of sp³-hybridized carbons (Fsp3) is 0.800. The Labute approximate surface area is 125 Å². The van der Waals surface area contributed by atoms with Crippen molar-refractivity contribution in [3.05, 3.63) is 16.9 Å². The predicted octanol–water partition coefficient (Wildman–Crippen LogP) is 2.88. The second kappa shape index (κ2) is 6.04. The third-order valence-electron chi connectivity index (χ3n) is 5.17. The standard InChI is InChI=1S/C15H24ClN3O/c1-17-14(12-8-10-3-4-11(12)7-10)15-13(16)9-18-19(15)5-6-20-2/h9-12,14,17H,3-8H2,1-2H3. The van der Waals surface area contributed by atoms with E-state index in [0.29, 0.717) is 18.6 Å². The number of rotatable bonds is 6. The molecule has 4 nitrogen and oxygen atoms in total. The summed E-state index contributed by atoms with van der Waals surface area (Å²) in [4.78, 5) is 0. The average Bonchev–Trinajstić information content (AvgIpc) is 3.15. The van der Waals surface area contributed by atoms with Gasteiger partial charge < -0.3 is 10.1 Å². The molecule has 4 unspecified atom stereocenters. The molecule has 4 atom stereocenters. The number of ether oxygens (including phenoxy) is 1. The molecule has 1 N–H and O–H groups in total. The number of hydrogen-bond donors (Lipinski definition) is 1. The van der Waals surface area contributed by atoms with Crippen molar-refractivity contribution in [1.82, 2.24) is 15.1 Å². The van der Waals surface area contributed by atoms with E-state index in [1.54, 1.807) is 13.3 Å². The molecule has 0 amide bonds. The van der Waals surface area contributed by atoms with Crippen molar-refractivity contribution in [2.24, 2.45) is 17.8 Å². The van der Waals surface area contributed by atoms with Crippen molar-refractivity contribution >= 4 is 11.6 Å². The molecule has 1 aromatic rings. The van der Waals surface area contributed by atoms with Gasteiger partial charge in [0, 0.05) is 7.11 Å². The molecule has 0 aromatic carbocycles. The van der Waals surface area contributed by atoms with Crippen LogP contribution >= 0.6 is 11.6 Å². The van der Waals surface area contributed by atoms with E-state index >= 15 is 0 Å². The minimum absolute atomic E-state index is 0.317. The quantitative estimate of drug-likeness (QED) is 0.877. The summed E-state index contributed by atoms with van der Waals surface area (Å²) < 4.78 is 7.19. The van der Waals surface area contributed by atoms with Crippen LogP contribution < -0.4 is 5.32 Å². The van der Waals surface area contributed by atoms with E-state index in [9.17, 15) is 0 Å². The van der Waals surface area contributed by atoms with Crippen molar-refractivity contribution in [2.45, 2.75) is 38.3 Å². The summed E-state index contributed by atoms with van der Waals surface area (Å²) in [7, 11) is 3.76. The number of halogens is 1. The number of fused-ring (bicyclic) bond motifs is 2. The first-order chi connectivity index (χ1) is 9.74. The minimum atomic E-state index is 0.317. The molecule has 2 saturated carbocycles. The summed E-state index contributed by atoms with van der Waals surface area (Å²) >= 11 is 6.41. The molecule has 0 saturated heterocycles. The molecule has 1 heterocycles. The lowest BCUT2D eigenvalue weighted by Crippen LogP contribution is -2.31. The number of nitrogens with one attached hydrogen (secondary N) is 1. The van der Waals surface area contributed by atoms with Gasteiger partial charge in [0.25, 0.3) is 0 Å². The Morgan fingerprint density at radius 3 is 2.95 bits per heavy atom. The lowest BCUT2D eigenvalue weighted by atomic mass is 9.82. The molecule has 2 aliphatic carbocycles. The molecule has 2 bridgehead atoms. The third kappa shape index (κ3) is 2.49. The van der Waals surface area contributed by atoms with Gasteiger partial charge in [-0.05, 0) is 44.1 Å². The first-order valence-corrected chi connectivity index (χ1v) is 7.99. The zero-order valence-electron chi connectivity index (χ0n) is 12.3. The van der Waals surface area contributed by atoms with Crippen LogP contribution in [0, 0.1) is 17.8 Å². The second-order valence-electron chi connectivity index (χ2n) is 6.20. The molecule has 5 heteroatoms. The summed E-state index contributed by atoms with van der Waals surface area (Å²) in [5.74, 6) is 2.50. The first-order valence-electron chi connectivity index (χ1n) is 7.62. The van der Waals surface area contributed by atoms with Crippen LogP contribution in [0.2, 0.25) is 5.02 Å². The van der Waals surface area contributed by atoms with Gasteiger partial charge in [0.05, 0.1) is 36.1 Å². The van der Waals surface area contributed by atoms with Crippen LogP contribution in [0.25, 0.3) is 0 Å². The van der Waals surface area contributed by atoms with Crippen LogP contribution in [0.1, 0.15) is 37.4 Å². The Kier molecular flexibility index (Phi) is 4.34. The molecule has 112 valence electrons. The molecule has 0 radical (unpaired) electrons. The van der Waals surface area contributed by atoms with Crippen molar-refractivity contribution in [2.75, 3.05) is 20.8 Å². The van der Waals surface area contributed by atoms with Crippen molar-refractivity contribution in [3.63, 3.8) is 0 Å². The number of methoxy groups -OCH3 is 1. The number of nitrogens with zero attached hydrogens (tertiary/aromatic N) is 2. The van der Waals surface area contributed by atoms with E-state index in [2.05, 4.69) is 10.4 Å². The van der Waals surface area contributed by atoms with Gasteiger partial charge in [0.2, 0.25) is 0 Å². The molecule has 0 aliphatic heterocycles. The molecule has 1 aromatic heterocycles. The van der Waals surface area contributed by atoms with Gasteiger partial charge in [-0.15, -0.1) is 0 Å². The van der Waals surface area contributed by atoms with E-state index in [1.165, 1.54) is 25.7 Å². The summed E-state index contributed by atoms with van der Waals surface area (Å²) in [6.07, 6.45) is 7.32. The van der Waals surface area contributed by atoms with Gasteiger partial charge in [-0.3, -0.25) is 4.68 Å². The Hall–Kier alpha value is -0.580. The van der Waals surface area contributed by atoms with Gasteiger partial charge in [-0.1, -0.05) is 18.0 Å². The largest absolute Gasteiger partial charge is 0.383 e. The molecular formula is C15H24ClN3O. The molecule has 2 fully saturated rings. The highest BCUT2D eigenvalue weighted by atomic mass is 35.5. The summed E-state index contributed by atoms with van der Waals surface area (Å²) in [5.41, 5.74) is 1.14. The maximum atomic E-state index is 6.41. The summed E-state index contributed by atoms with van der Waals surface area (Å²) in [6, 6.07) is 0.317. The summed E-state index contributed by atoms with van der Waals surface area (Å²) in [6.45, 7) is 1.43. The normalized spacial score (nSPS) is 30.1. The third-order valence-corrected chi connectivity index (χ3v) is 5.46. The highest BCUT2D eigenvalue weighted by Gasteiger charge is 2.44. The lowest BCUT2D eigenvalue weighted by molar-refractivity contribution is 0.178. The topological polar surface area (TPSA) is 39.1 Å². The monoisotopic (exact) mass is 297 g/mol. The first kappa shape index (κ1) is 14.4. The SMILES string of the molecule is CNC(c1c(Cl)cnn1CCOC)C1CC2CCC1C2. The Morgan fingerprint density at radius 1 is 1.50 bits per heavy atom. The average molecular weight is 298 g/mol. The zero-order chi connectivity index (χ0) is 14.1. The number of hydrogen-bond acceptors (Lipinski definition) is 3. The van der Waals surface area contributed by atoms with Crippen molar-refractivity contribution in [3.8, 4) is 0 Å². The maximum Gasteiger partial charge on any atom is 0.0834 e. The molecular weight excluding hydrogens is 274 g/mol.